The number of hydrogen-bond donors (Lipinski definition) is 2. The van der Waals surface area contributed by atoms with Crippen LogP contribution in [0.4, 0.5) is 0 Å². The molecule has 2 aliphatic rings. The number of hydrogen-bond acceptors (Lipinski definition) is 5. The van der Waals surface area contributed by atoms with Gasteiger partial charge in [0, 0.05) is 31.1 Å². The van der Waals surface area contributed by atoms with E-state index in [2.05, 4.69) is 0 Å². The van der Waals surface area contributed by atoms with Gasteiger partial charge in [-0.05, 0) is 62.1 Å². The van der Waals surface area contributed by atoms with Gasteiger partial charge < -0.3 is 20.0 Å². The van der Waals surface area contributed by atoms with Gasteiger partial charge in [-0.25, -0.2) is 0 Å². The van der Waals surface area contributed by atoms with E-state index in [1.54, 1.807) is 40.1 Å². The minimum atomic E-state index is -0.531. The van der Waals surface area contributed by atoms with Crippen molar-refractivity contribution < 1.29 is 24.6 Å². The lowest BCUT2D eigenvalue weighted by Gasteiger charge is -2.35. The van der Waals surface area contributed by atoms with Crippen molar-refractivity contribution in [2.75, 3.05) is 19.6 Å². The number of para-hydroxylation sites is 1. The molecule has 7 heteroatoms. The van der Waals surface area contributed by atoms with Gasteiger partial charge in [-0.2, -0.15) is 0 Å². The van der Waals surface area contributed by atoms with Gasteiger partial charge in [-0.15, -0.1) is 0 Å². The summed E-state index contributed by atoms with van der Waals surface area (Å²) in [5.41, 5.74) is 0.776. The van der Waals surface area contributed by atoms with Crippen molar-refractivity contribution in [2.45, 2.75) is 31.7 Å². The van der Waals surface area contributed by atoms with Crippen molar-refractivity contribution in [1.82, 2.24) is 9.80 Å². The molecule has 0 bridgehead atoms. The summed E-state index contributed by atoms with van der Waals surface area (Å²) in [6.45, 7) is 1.43. The number of aromatic hydroxyl groups is 2. The van der Waals surface area contributed by atoms with Crippen molar-refractivity contribution in [1.29, 1.82) is 0 Å². The minimum absolute atomic E-state index is 0.0318. The Bertz CT molecular complexity index is 980. The first-order valence-corrected chi connectivity index (χ1v) is 10.7. The molecule has 2 N–H and O–H groups in total. The monoisotopic (exact) mass is 422 g/mol. The van der Waals surface area contributed by atoms with E-state index in [4.69, 9.17) is 0 Å². The second kappa shape index (κ2) is 8.79. The molecule has 2 heterocycles. The number of ketones is 1. The Morgan fingerprint density at radius 2 is 1.52 bits per heavy atom. The number of benzene rings is 2. The molecule has 0 aromatic heterocycles. The summed E-state index contributed by atoms with van der Waals surface area (Å²) in [5, 5.41) is 19.4. The maximum atomic E-state index is 13.2. The second-order valence-corrected chi connectivity index (χ2v) is 8.18. The molecule has 0 radical (unpaired) electrons. The van der Waals surface area contributed by atoms with Crippen LogP contribution < -0.4 is 0 Å². The van der Waals surface area contributed by atoms with E-state index >= 15 is 0 Å². The van der Waals surface area contributed by atoms with Crippen LogP contribution in [-0.2, 0) is 4.79 Å². The average molecular weight is 422 g/mol. The fraction of sp³-hybridized carbons (Fsp3) is 0.375. The fourth-order valence-corrected chi connectivity index (χ4v) is 4.51. The van der Waals surface area contributed by atoms with Crippen molar-refractivity contribution in [3.63, 3.8) is 0 Å². The Morgan fingerprint density at radius 1 is 0.839 bits per heavy atom. The third-order valence-electron chi connectivity index (χ3n) is 6.26. The van der Waals surface area contributed by atoms with Crippen molar-refractivity contribution in [3.8, 4) is 11.5 Å². The number of carbonyl (C=O) groups excluding carboxylic acids is 3. The highest BCUT2D eigenvalue weighted by Crippen LogP contribution is 2.28. The molecule has 2 amide bonds. The zero-order chi connectivity index (χ0) is 22.0. The summed E-state index contributed by atoms with van der Waals surface area (Å²) < 4.78 is 0. The Balaban J connectivity index is 1.39. The highest BCUT2D eigenvalue weighted by molar-refractivity contribution is 6.00. The number of rotatable bonds is 4. The third-order valence-corrected chi connectivity index (χ3v) is 6.26. The van der Waals surface area contributed by atoms with Crippen LogP contribution in [0.5, 0.6) is 11.5 Å². The quantitative estimate of drug-likeness (QED) is 0.739. The summed E-state index contributed by atoms with van der Waals surface area (Å²) in [7, 11) is 0. The maximum absolute atomic E-state index is 13.2. The van der Waals surface area contributed by atoms with Crippen LogP contribution in [0.25, 0.3) is 0 Å². The van der Waals surface area contributed by atoms with Crippen molar-refractivity contribution in [3.05, 3.63) is 59.7 Å². The number of phenolic OH excluding ortho intramolecular Hbond substituents is 2. The summed E-state index contributed by atoms with van der Waals surface area (Å²) in [6, 6.07) is 12.1. The van der Waals surface area contributed by atoms with Gasteiger partial charge in [0.2, 0.25) is 5.91 Å². The second-order valence-electron chi connectivity index (χ2n) is 8.18. The van der Waals surface area contributed by atoms with Gasteiger partial charge in [-0.1, -0.05) is 12.1 Å². The number of phenols is 2. The van der Waals surface area contributed by atoms with E-state index in [1.165, 1.54) is 18.2 Å². The molecule has 2 aliphatic heterocycles. The molecule has 31 heavy (non-hydrogen) atoms. The van der Waals surface area contributed by atoms with Crippen LogP contribution in [0.1, 0.15) is 46.4 Å². The SMILES string of the molecule is O=C(c1ccc(O)cc1)C1CCN(C(=O)[C@H]2CCCN2C(=O)c2ccccc2O)CC1. The molecule has 0 spiro atoms. The fourth-order valence-electron chi connectivity index (χ4n) is 4.51. The predicted molar refractivity (Wildman–Crippen MR) is 114 cm³/mol. The van der Waals surface area contributed by atoms with Crippen LogP contribution in [0.2, 0.25) is 0 Å². The molecule has 162 valence electrons. The van der Waals surface area contributed by atoms with Gasteiger partial charge in [0.25, 0.3) is 5.91 Å². The van der Waals surface area contributed by atoms with E-state index in [-0.39, 0.29) is 40.6 Å². The van der Waals surface area contributed by atoms with Crippen molar-refractivity contribution in [2.24, 2.45) is 5.92 Å². The summed E-state index contributed by atoms with van der Waals surface area (Å²) >= 11 is 0. The van der Waals surface area contributed by atoms with Crippen LogP contribution >= 0.6 is 0 Å². The Kier molecular flexibility index (Phi) is 5.93. The standard InChI is InChI=1S/C24H26N2O5/c27-18-9-7-16(8-10-18)22(29)17-11-14-25(15-12-17)24(31)20-5-3-13-26(20)23(30)19-4-1-2-6-21(19)28/h1-2,4,6-10,17,20,27-28H,3,5,11-15H2/t20-/m1/s1. The zero-order valence-electron chi connectivity index (χ0n) is 17.2. The molecule has 0 aliphatic carbocycles. The lowest BCUT2D eigenvalue weighted by Crippen LogP contribution is -2.50. The van der Waals surface area contributed by atoms with Crippen LogP contribution in [0.3, 0.4) is 0 Å². The molecule has 7 nitrogen and oxygen atoms in total. The van der Waals surface area contributed by atoms with E-state index in [0.29, 0.717) is 44.5 Å². The molecule has 1 atom stereocenters. The molecule has 2 aromatic rings. The van der Waals surface area contributed by atoms with Crippen molar-refractivity contribution >= 4 is 17.6 Å². The van der Waals surface area contributed by atoms with Gasteiger partial charge in [-0.3, -0.25) is 14.4 Å². The lowest BCUT2D eigenvalue weighted by molar-refractivity contribution is -0.136. The number of carbonyl (C=O) groups is 3. The van der Waals surface area contributed by atoms with E-state index < -0.39 is 6.04 Å². The molecule has 2 aromatic carbocycles. The first-order valence-electron chi connectivity index (χ1n) is 10.7. The maximum Gasteiger partial charge on any atom is 0.258 e. The van der Waals surface area contributed by atoms with E-state index in [1.807, 2.05) is 0 Å². The summed E-state index contributed by atoms with van der Waals surface area (Å²) in [5.74, 6) is -0.501. The topological polar surface area (TPSA) is 98.2 Å². The number of nitrogens with zero attached hydrogens (tertiary/aromatic N) is 2. The number of piperidine rings is 1. The highest BCUT2D eigenvalue weighted by atomic mass is 16.3. The van der Waals surface area contributed by atoms with E-state index in [0.717, 1.165) is 6.42 Å². The van der Waals surface area contributed by atoms with Gasteiger partial charge >= 0.3 is 0 Å². The number of amides is 2. The number of likely N-dealkylation sites (tertiary alicyclic amines) is 2. The molecular weight excluding hydrogens is 396 g/mol. The zero-order valence-corrected chi connectivity index (χ0v) is 17.2. The molecule has 2 fully saturated rings. The molecular formula is C24H26N2O5. The summed E-state index contributed by atoms with van der Waals surface area (Å²) in [6.07, 6.45) is 2.49. The summed E-state index contributed by atoms with van der Waals surface area (Å²) in [4.78, 5) is 42.1. The lowest BCUT2D eigenvalue weighted by atomic mass is 9.88. The largest absolute Gasteiger partial charge is 0.508 e. The van der Waals surface area contributed by atoms with Gasteiger partial charge in [0.05, 0.1) is 5.56 Å². The molecule has 0 unspecified atom stereocenters. The van der Waals surface area contributed by atoms with E-state index in [9.17, 15) is 24.6 Å². The Morgan fingerprint density at radius 3 is 2.19 bits per heavy atom. The molecule has 0 saturated carbocycles. The van der Waals surface area contributed by atoms with Gasteiger partial charge in [0.1, 0.15) is 17.5 Å². The van der Waals surface area contributed by atoms with Crippen LogP contribution in [0, 0.1) is 5.92 Å². The Hall–Kier alpha value is -3.35. The average Bonchev–Trinajstić information content (AvgIpc) is 3.28. The van der Waals surface area contributed by atoms with Gasteiger partial charge in [0.15, 0.2) is 5.78 Å². The predicted octanol–water partition coefficient (Wildman–Crippen LogP) is 2.82. The molecule has 4 rings (SSSR count). The normalized spacial score (nSPS) is 19.4. The third kappa shape index (κ3) is 4.26. The van der Waals surface area contributed by atoms with Crippen LogP contribution in [0.15, 0.2) is 48.5 Å². The highest BCUT2D eigenvalue weighted by Gasteiger charge is 2.39. The minimum Gasteiger partial charge on any atom is -0.508 e. The smallest absolute Gasteiger partial charge is 0.258 e. The molecule has 2 saturated heterocycles. The van der Waals surface area contributed by atoms with Crippen LogP contribution in [-0.4, -0.2) is 63.3 Å². The first kappa shape index (κ1) is 20.9. The number of Topliss-reactive ketones (excluding diaryl/α,β-unsaturated/α-hetero) is 1. The first-order chi connectivity index (χ1) is 15.0. The Labute approximate surface area is 180 Å².